The average Bonchev–Trinajstić information content (AvgIpc) is 2.66. The van der Waals surface area contributed by atoms with Gasteiger partial charge in [0.25, 0.3) is 5.91 Å². The number of carbonyl (C=O) groups excluding carboxylic acids is 2. The summed E-state index contributed by atoms with van der Waals surface area (Å²) in [4.78, 5) is 27.3. The molecule has 5 heteroatoms. The number of thioether (sulfide) groups is 1. The van der Waals surface area contributed by atoms with Crippen LogP contribution in [0.2, 0.25) is 0 Å². The van der Waals surface area contributed by atoms with Crippen LogP contribution in [0.25, 0.3) is 0 Å². The molecule has 144 valence electrons. The monoisotopic (exact) mass is 384 g/mol. The van der Waals surface area contributed by atoms with Gasteiger partial charge in [0, 0.05) is 19.2 Å². The highest BCUT2D eigenvalue weighted by molar-refractivity contribution is 7.98. The van der Waals surface area contributed by atoms with Crippen molar-refractivity contribution in [3.63, 3.8) is 0 Å². The van der Waals surface area contributed by atoms with E-state index in [2.05, 4.69) is 5.32 Å². The highest BCUT2D eigenvalue weighted by Gasteiger charge is 2.24. The summed E-state index contributed by atoms with van der Waals surface area (Å²) in [6, 6.07) is 14.9. The molecule has 0 fully saturated rings. The van der Waals surface area contributed by atoms with Gasteiger partial charge < -0.3 is 10.2 Å². The minimum atomic E-state index is -0.528. The Balaban J connectivity index is 2.10. The molecule has 2 amide bonds. The molecule has 1 unspecified atom stereocenters. The molecule has 2 aromatic rings. The van der Waals surface area contributed by atoms with Gasteiger partial charge in [0.1, 0.15) is 6.04 Å². The summed E-state index contributed by atoms with van der Waals surface area (Å²) in [6.07, 6.45) is 2.61. The number of benzene rings is 2. The second kappa shape index (κ2) is 10.2. The van der Waals surface area contributed by atoms with E-state index >= 15 is 0 Å². The molecule has 27 heavy (non-hydrogen) atoms. The maximum Gasteiger partial charge on any atom is 0.251 e. The molecule has 0 aliphatic heterocycles. The Morgan fingerprint density at radius 3 is 2.52 bits per heavy atom. The fourth-order valence-corrected chi connectivity index (χ4v) is 3.38. The fourth-order valence-electron chi connectivity index (χ4n) is 2.91. The molecule has 0 bridgehead atoms. The molecule has 0 spiro atoms. The van der Waals surface area contributed by atoms with Crippen molar-refractivity contribution in [2.45, 2.75) is 32.9 Å². The van der Waals surface area contributed by atoms with Crippen LogP contribution in [0.4, 0.5) is 0 Å². The van der Waals surface area contributed by atoms with Crippen LogP contribution in [0.1, 0.15) is 33.5 Å². The predicted octanol–water partition coefficient (Wildman–Crippen LogP) is 3.81. The summed E-state index contributed by atoms with van der Waals surface area (Å²) in [7, 11) is 1.79. The maximum absolute atomic E-state index is 13.0. The lowest BCUT2D eigenvalue weighted by atomic mass is 10.1. The zero-order chi connectivity index (χ0) is 19.8. The van der Waals surface area contributed by atoms with E-state index in [4.69, 9.17) is 0 Å². The molecule has 0 aromatic heterocycles. The van der Waals surface area contributed by atoms with Gasteiger partial charge in [-0.25, -0.2) is 0 Å². The minimum absolute atomic E-state index is 0.0618. The maximum atomic E-state index is 13.0. The van der Waals surface area contributed by atoms with Gasteiger partial charge in [-0.1, -0.05) is 42.0 Å². The van der Waals surface area contributed by atoms with Crippen LogP contribution < -0.4 is 5.32 Å². The van der Waals surface area contributed by atoms with Gasteiger partial charge in [-0.3, -0.25) is 9.59 Å². The minimum Gasteiger partial charge on any atom is -0.340 e. The third kappa shape index (κ3) is 6.14. The molecule has 0 saturated heterocycles. The second-order valence-electron chi connectivity index (χ2n) is 6.80. The number of amides is 2. The fraction of sp³-hybridized carbons (Fsp3) is 0.364. The quantitative estimate of drug-likeness (QED) is 0.753. The summed E-state index contributed by atoms with van der Waals surface area (Å²) in [5, 5.41) is 2.93. The molecule has 0 heterocycles. The van der Waals surface area contributed by atoms with Crippen LogP contribution >= 0.6 is 11.8 Å². The molecule has 1 N–H and O–H groups in total. The molecule has 0 aliphatic rings. The van der Waals surface area contributed by atoms with E-state index in [1.807, 2.05) is 62.6 Å². The number of aryl methyl sites for hydroxylation is 2. The number of carbonyl (C=O) groups is 2. The second-order valence-corrected chi connectivity index (χ2v) is 7.78. The van der Waals surface area contributed by atoms with Gasteiger partial charge >= 0.3 is 0 Å². The van der Waals surface area contributed by atoms with Crippen molar-refractivity contribution >= 4 is 23.6 Å². The molecule has 0 radical (unpaired) electrons. The molecule has 2 aromatic carbocycles. The Kier molecular flexibility index (Phi) is 7.92. The Bertz CT molecular complexity index is 791. The van der Waals surface area contributed by atoms with E-state index < -0.39 is 6.04 Å². The van der Waals surface area contributed by atoms with Crippen LogP contribution in [0, 0.1) is 13.8 Å². The first-order valence-corrected chi connectivity index (χ1v) is 10.5. The van der Waals surface area contributed by atoms with Gasteiger partial charge in [-0.2, -0.15) is 11.8 Å². The molecule has 0 aliphatic carbocycles. The van der Waals surface area contributed by atoms with Crippen molar-refractivity contribution in [2.24, 2.45) is 0 Å². The Morgan fingerprint density at radius 1 is 1.11 bits per heavy atom. The number of hydrogen-bond donors (Lipinski definition) is 1. The summed E-state index contributed by atoms with van der Waals surface area (Å²) in [6.45, 7) is 4.52. The van der Waals surface area contributed by atoms with Crippen LogP contribution in [0.5, 0.6) is 0 Å². The van der Waals surface area contributed by atoms with Crippen LogP contribution in [-0.2, 0) is 11.3 Å². The highest BCUT2D eigenvalue weighted by atomic mass is 32.2. The summed E-state index contributed by atoms with van der Waals surface area (Å²) in [5.41, 5.74) is 3.87. The smallest absolute Gasteiger partial charge is 0.251 e. The van der Waals surface area contributed by atoms with Crippen LogP contribution in [-0.4, -0.2) is 41.8 Å². The summed E-state index contributed by atoms with van der Waals surface area (Å²) < 4.78 is 0. The molecule has 0 saturated carbocycles. The lowest BCUT2D eigenvalue weighted by molar-refractivity contribution is -0.132. The third-order valence-electron chi connectivity index (χ3n) is 4.54. The topological polar surface area (TPSA) is 49.4 Å². The first-order valence-electron chi connectivity index (χ1n) is 9.08. The highest BCUT2D eigenvalue weighted by Crippen LogP contribution is 2.12. The molecule has 1 atom stereocenters. The van der Waals surface area contributed by atoms with E-state index in [0.717, 1.165) is 22.4 Å². The standard InChI is InChI=1S/C22H28N2O2S/c1-16-8-7-11-18(14-16)21(25)23-20(12-13-27-4)22(26)24(3)15-19-10-6-5-9-17(19)2/h5-11,14,20H,12-13,15H2,1-4H3,(H,23,25). The molecular weight excluding hydrogens is 356 g/mol. The molecular formula is C22H28N2O2S. The van der Waals surface area contributed by atoms with E-state index in [9.17, 15) is 9.59 Å². The summed E-state index contributed by atoms with van der Waals surface area (Å²) >= 11 is 1.67. The van der Waals surface area contributed by atoms with Crippen LogP contribution in [0.15, 0.2) is 48.5 Å². The van der Waals surface area contributed by atoms with Crippen molar-refractivity contribution in [1.82, 2.24) is 10.2 Å². The van der Waals surface area contributed by atoms with Gasteiger partial charge in [0.2, 0.25) is 5.91 Å². The first kappa shape index (κ1) is 21.0. The molecule has 2 rings (SSSR count). The van der Waals surface area contributed by atoms with Gasteiger partial charge in [-0.05, 0) is 55.5 Å². The zero-order valence-electron chi connectivity index (χ0n) is 16.5. The van der Waals surface area contributed by atoms with Gasteiger partial charge in [-0.15, -0.1) is 0 Å². The molecule has 4 nitrogen and oxygen atoms in total. The third-order valence-corrected chi connectivity index (χ3v) is 5.18. The summed E-state index contributed by atoms with van der Waals surface area (Å²) in [5.74, 6) is 0.540. The van der Waals surface area contributed by atoms with Crippen LogP contribution in [0.3, 0.4) is 0 Å². The lowest BCUT2D eigenvalue weighted by Crippen LogP contribution is -2.47. The van der Waals surface area contributed by atoms with Gasteiger partial charge in [0.15, 0.2) is 0 Å². The van der Waals surface area contributed by atoms with E-state index in [-0.39, 0.29) is 11.8 Å². The van der Waals surface area contributed by atoms with E-state index in [0.29, 0.717) is 18.5 Å². The van der Waals surface area contributed by atoms with Crippen molar-refractivity contribution in [3.05, 3.63) is 70.8 Å². The largest absolute Gasteiger partial charge is 0.340 e. The van der Waals surface area contributed by atoms with Gasteiger partial charge in [0.05, 0.1) is 0 Å². The Hall–Kier alpha value is -2.27. The number of nitrogens with zero attached hydrogens (tertiary/aromatic N) is 1. The number of hydrogen-bond acceptors (Lipinski definition) is 3. The van der Waals surface area contributed by atoms with Crippen molar-refractivity contribution in [2.75, 3.05) is 19.1 Å². The number of likely N-dealkylation sites (N-methyl/N-ethyl adjacent to an activating group) is 1. The predicted molar refractivity (Wildman–Crippen MR) is 113 cm³/mol. The lowest BCUT2D eigenvalue weighted by Gasteiger charge is -2.25. The van der Waals surface area contributed by atoms with Crippen molar-refractivity contribution in [1.29, 1.82) is 0 Å². The zero-order valence-corrected chi connectivity index (χ0v) is 17.3. The van der Waals surface area contributed by atoms with E-state index in [1.54, 1.807) is 29.8 Å². The Labute approximate surface area is 166 Å². The number of nitrogens with one attached hydrogen (secondary N) is 1. The Morgan fingerprint density at radius 2 is 1.85 bits per heavy atom. The van der Waals surface area contributed by atoms with Crippen molar-refractivity contribution in [3.8, 4) is 0 Å². The average molecular weight is 385 g/mol. The van der Waals surface area contributed by atoms with Crippen molar-refractivity contribution < 1.29 is 9.59 Å². The van der Waals surface area contributed by atoms with E-state index in [1.165, 1.54) is 0 Å². The SMILES string of the molecule is CSCCC(NC(=O)c1cccc(C)c1)C(=O)N(C)Cc1ccccc1C. The normalized spacial score (nSPS) is 11.7. The number of rotatable bonds is 8. The first-order chi connectivity index (χ1) is 12.9.